The molecule has 1 aromatic heterocycles. The van der Waals surface area contributed by atoms with Crippen LogP contribution in [0.15, 0.2) is 42.6 Å². The van der Waals surface area contributed by atoms with Gasteiger partial charge in [-0.25, -0.2) is 4.98 Å². The smallest absolute Gasteiger partial charge is 0.253 e. The van der Waals surface area contributed by atoms with Gasteiger partial charge < -0.3 is 10.2 Å². The summed E-state index contributed by atoms with van der Waals surface area (Å²) in [6.07, 6.45) is 3.72. The van der Waals surface area contributed by atoms with Crippen LogP contribution < -0.4 is 5.32 Å². The third-order valence-corrected chi connectivity index (χ3v) is 6.86. The van der Waals surface area contributed by atoms with E-state index in [1.54, 1.807) is 6.20 Å². The Balaban J connectivity index is 1.41. The first-order valence-corrected chi connectivity index (χ1v) is 9.20. The van der Waals surface area contributed by atoms with Crippen LogP contribution in [0.2, 0.25) is 5.02 Å². The molecular weight excluding hydrogens is 334 g/mol. The number of hydrogen-bond donors (Lipinski definition) is 1. The van der Waals surface area contributed by atoms with Crippen molar-refractivity contribution in [2.45, 2.75) is 30.7 Å². The molecule has 5 rings (SSSR count). The number of carbonyl (C=O) groups is 1. The number of amides is 1. The van der Waals surface area contributed by atoms with Gasteiger partial charge in [0.1, 0.15) is 5.82 Å². The maximum Gasteiger partial charge on any atom is 0.253 e. The first-order chi connectivity index (χ1) is 12.0. The van der Waals surface area contributed by atoms with Crippen LogP contribution in [0.5, 0.6) is 0 Å². The van der Waals surface area contributed by atoms with E-state index in [9.17, 15) is 4.79 Å². The monoisotopic (exact) mass is 353 g/mol. The topological polar surface area (TPSA) is 45.2 Å². The first kappa shape index (κ1) is 15.2. The van der Waals surface area contributed by atoms with Gasteiger partial charge in [0.15, 0.2) is 0 Å². The summed E-state index contributed by atoms with van der Waals surface area (Å²) < 4.78 is 0. The third kappa shape index (κ3) is 1.89. The number of likely N-dealkylation sites (tertiary alicyclic amines) is 1. The second-order valence-corrected chi connectivity index (χ2v) is 8.18. The number of nitrogens with one attached hydrogen (secondary N) is 1. The Morgan fingerprint density at radius 2 is 2.16 bits per heavy atom. The number of benzene rings is 1. The average Bonchev–Trinajstić information content (AvgIpc) is 2.79. The van der Waals surface area contributed by atoms with Gasteiger partial charge >= 0.3 is 0 Å². The van der Waals surface area contributed by atoms with Crippen molar-refractivity contribution in [3.8, 4) is 0 Å². The molecule has 3 aliphatic rings. The third-order valence-electron chi connectivity index (χ3n) is 6.65. The van der Waals surface area contributed by atoms with Crippen molar-refractivity contribution in [2.24, 2.45) is 5.92 Å². The number of aromatic nitrogens is 1. The Morgan fingerprint density at radius 3 is 2.92 bits per heavy atom. The van der Waals surface area contributed by atoms with Gasteiger partial charge in [0.05, 0.1) is 10.6 Å². The van der Waals surface area contributed by atoms with Crippen molar-refractivity contribution >= 4 is 23.3 Å². The molecule has 1 saturated heterocycles. The minimum absolute atomic E-state index is 0.0144. The van der Waals surface area contributed by atoms with E-state index < -0.39 is 0 Å². The standard InChI is InChI=1S/C20H20ClN3O/c1-19-10-14-12-24(18(25)13-5-3-2-4-6-13)8-7-20(14,19)23-17-16(19)9-15(21)11-22-17/h2-6,9,11,14H,7-8,10,12H2,1H3,(H,22,23)/t14-,19-,20-/m0/s1. The molecule has 1 aliphatic carbocycles. The highest BCUT2D eigenvalue weighted by Gasteiger charge is 2.69. The molecule has 1 N–H and O–H groups in total. The predicted octanol–water partition coefficient (Wildman–Crippen LogP) is 3.72. The number of carbonyl (C=O) groups excluding carboxylic acids is 1. The molecule has 3 atom stereocenters. The zero-order valence-corrected chi connectivity index (χ0v) is 14.9. The first-order valence-electron chi connectivity index (χ1n) is 8.82. The highest BCUT2D eigenvalue weighted by Crippen LogP contribution is 2.65. The SMILES string of the molecule is C[C@@]12C[C@H]3CN(C(=O)c4ccccc4)CC[C@]31Nc1ncc(Cl)cc12. The van der Waals surface area contributed by atoms with Crippen molar-refractivity contribution in [3.05, 3.63) is 58.7 Å². The van der Waals surface area contributed by atoms with E-state index in [0.717, 1.165) is 37.3 Å². The van der Waals surface area contributed by atoms with Gasteiger partial charge in [-0.3, -0.25) is 4.79 Å². The van der Waals surface area contributed by atoms with Crippen LogP contribution in [0.3, 0.4) is 0 Å². The number of nitrogens with zero attached hydrogens (tertiary/aromatic N) is 2. The number of halogens is 1. The minimum Gasteiger partial charge on any atom is -0.363 e. The van der Waals surface area contributed by atoms with E-state index in [1.807, 2.05) is 35.2 Å². The molecule has 25 heavy (non-hydrogen) atoms. The number of anilines is 1. The molecule has 128 valence electrons. The van der Waals surface area contributed by atoms with Gasteiger partial charge in [0.2, 0.25) is 0 Å². The second kappa shape index (κ2) is 4.98. The molecule has 1 amide bonds. The molecular formula is C20H20ClN3O. The lowest BCUT2D eigenvalue weighted by molar-refractivity contribution is -0.0271. The number of hydrogen-bond acceptors (Lipinski definition) is 3. The highest BCUT2D eigenvalue weighted by atomic mass is 35.5. The maximum absolute atomic E-state index is 12.8. The van der Waals surface area contributed by atoms with E-state index in [4.69, 9.17) is 11.6 Å². The Kier molecular flexibility index (Phi) is 3.03. The average molecular weight is 354 g/mol. The fourth-order valence-electron chi connectivity index (χ4n) is 5.31. The summed E-state index contributed by atoms with van der Waals surface area (Å²) in [4.78, 5) is 19.3. The van der Waals surface area contributed by atoms with Crippen molar-refractivity contribution < 1.29 is 4.79 Å². The van der Waals surface area contributed by atoms with Crippen molar-refractivity contribution in [2.75, 3.05) is 18.4 Å². The van der Waals surface area contributed by atoms with Gasteiger partial charge in [-0.15, -0.1) is 0 Å². The van der Waals surface area contributed by atoms with Crippen LogP contribution >= 0.6 is 11.6 Å². The molecule has 5 heteroatoms. The van der Waals surface area contributed by atoms with Gasteiger partial charge in [-0.2, -0.15) is 0 Å². The predicted molar refractivity (Wildman–Crippen MR) is 98.0 cm³/mol. The molecule has 1 spiro atoms. The fourth-order valence-corrected chi connectivity index (χ4v) is 5.47. The van der Waals surface area contributed by atoms with Crippen molar-refractivity contribution in [1.29, 1.82) is 0 Å². The summed E-state index contributed by atoms with van der Waals surface area (Å²) in [5, 5.41) is 4.40. The minimum atomic E-state index is 0.0144. The number of fused-ring (bicyclic) bond motifs is 2. The van der Waals surface area contributed by atoms with Crippen LogP contribution in [0, 0.1) is 5.92 Å². The van der Waals surface area contributed by atoms with Crippen LogP contribution in [0.1, 0.15) is 35.7 Å². The lowest BCUT2D eigenvalue weighted by atomic mass is 9.46. The lowest BCUT2D eigenvalue weighted by Gasteiger charge is -2.63. The Bertz CT molecular complexity index is 870. The maximum atomic E-state index is 12.8. The van der Waals surface area contributed by atoms with Crippen molar-refractivity contribution in [3.63, 3.8) is 0 Å². The van der Waals surface area contributed by atoms with Crippen molar-refractivity contribution in [1.82, 2.24) is 9.88 Å². The second-order valence-electron chi connectivity index (χ2n) is 7.75. The molecule has 2 aliphatic heterocycles. The highest BCUT2D eigenvalue weighted by molar-refractivity contribution is 6.30. The summed E-state index contributed by atoms with van der Waals surface area (Å²) in [5.74, 6) is 1.56. The van der Waals surface area contributed by atoms with Gasteiger partial charge in [0.25, 0.3) is 5.91 Å². The lowest BCUT2D eigenvalue weighted by Crippen LogP contribution is -2.72. The molecule has 0 unspecified atom stereocenters. The summed E-state index contributed by atoms with van der Waals surface area (Å²) >= 11 is 6.18. The van der Waals surface area contributed by atoms with Crippen LogP contribution in [-0.2, 0) is 5.41 Å². The largest absolute Gasteiger partial charge is 0.363 e. The Morgan fingerprint density at radius 1 is 1.36 bits per heavy atom. The number of piperidine rings is 1. The van der Waals surface area contributed by atoms with Gasteiger partial charge in [-0.1, -0.05) is 36.7 Å². The summed E-state index contributed by atoms with van der Waals surface area (Å²) in [6, 6.07) is 11.6. The van der Waals surface area contributed by atoms with E-state index in [1.165, 1.54) is 5.56 Å². The quantitative estimate of drug-likeness (QED) is 0.849. The van der Waals surface area contributed by atoms with Crippen LogP contribution in [0.25, 0.3) is 0 Å². The van der Waals surface area contributed by atoms with E-state index >= 15 is 0 Å². The van der Waals surface area contributed by atoms with E-state index in [-0.39, 0.29) is 16.9 Å². The van der Waals surface area contributed by atoms with E-state index in [2.05, 4.69) is 23.3 Å². The summed E-state index contributed by atoms with van der Waals surface area (Å²) in [5.41, 5.74) is 2.09. The molecule has 1 saturated carbocycles. The molecule has 1 aromatic carbocycles. The summed E-state index contributed by atoms with van der Waals surface area (Å²) in [7, 11) is 0. The van der Waals surface area contributed by atoms with Gasteiger partial charge in [-0.05, 0) is 31.0 Å². The summed E-state index contributed by atoms with van der Waals surface area (Å²) in [6.45, 7) is 3.89. The zero-order chi connectivity index (χ0) is 17.2. The Labute approximate surface area is 152 Å². The van der Waals surface area contributed by atoms with Gasteiger partial charge in [0, 0.05) is 41.7 Å². The molecule has 0 bridgehead atoms. The zero-order valence-electron chi connectivity index (χ0n) is 14.1. The number of pyridine rings is 1. The molecule has 2 fully saturated rings. The Hall–Kier alpha value is -2.07. The molecule has 3 heterocycles. The van der Waals surface area contributed by atoms with Crippen LogP contribution in [0.4, 0.5) is 5.82 Å². The molecule has 4 nitrogen and oxygen atoms in total. The fraction of sp³-hybridized carbons (Fsp3) is 0.400. The van der Waals surface area contributed by atoms with E-state index in [0.29, 0.717) is 10.9 Å². The molecule has 2 aromatic rings. The van der Waals surface area contributed by atoms with Crippen LogP contribution in [-0.4, -0.2) is 34.4 Å². The molecule has 0 radical (unpaired) electrons. The normalized spacial score (nSPS) is 32.1. The number of rotatable bonds is 1.